The van der Waals surface area contributed by atoms with E-state index in [1.54, 1.807) is 12.3 Å². The van der Waals surface area contributed by atoms with Gasteiger partial charge in [0.05, 0.1) is 5.69 Å². The third kappa shape index (κ3) is 3.76. The van der Waals surface area contributed by atoms with Crippen LogP contribution in [0.25, 0.3) is 11.9 Å². The molecule has 1 N–H and O–H groups in total. The Balaban J connectivity index is 1.78. The van der Waals surface area contributed by atoms with Gasteiger partial charge in [0.1, 0.15) is 11.4 Å². The zero-order valence-corrected chi connectivity index (χ0v) is 19.5. The lowest BCUT2D eigenvalue weighted by atomic mass is 10.0. The zero-order chi connectivity index (χ0) is 23.2. The zero-order valence-electron chi connectivity index (χ0n) is 18.7. The lowest BCUT2D eigenvalue weighted by Crippen LogP contribution is -2.54. The Morgan fingerprint density at radius 2 is 1.69 bits per heavy atom. The van der Waals surface area contributed by atoms with Gasteiger partial charge in [-0.15, -0.1) is 0 Å². The lowest BCUT2D eigenvalue weighted by Gasteiger charge is -2.30. The largest absolute Gasteiger partial charge is 0.303 e. The van der Waals surface area contributed by atoms with Crippen molar-refractivity contribution in [1.82, 2.24) is 14.9 Å². The summed E-state index contributed by atoms with van der Waals surface area (Å²) in [4.78, 5) is 32.0. The number of carbonyl (C=O) groups is 2. The second-order valence-electron chi connectivity index (χ2n) is 8.10. The van der Waals surface area contributed by atoms with Gasteiger partial charge in [-0.3, -0.25) is 19.8 Å². The Bertz CT molecular complexity index is 1320. The Labute approximate surface area is 192 Å². The van der Waals surface area contributed by atoms with E-state index < -0.39 is 11.8 Å². The van der Waals surface area contributed by atoms with Crippen LogP contribution in [0.3, 0.4) is 0 Å². The van der Waals surface area contributed by atoms with Crippen LogP contribution in [-0.2, 0) is 9.59 Å². The Morgan fingerprint density at radius 1 is 0.969 bits per heavy atom. The van der Waals surface area contributed by atoms with Crippen molar-refractivity contribution in [3.05, 3.63) is 81.8 Å². The van der Waals surface area contributed by atoms with Gasteiger partial charge >= 0.3 is 0 Å². The van der Waals surface area contributed by atoms with Gasteiger partial charge in [-0.2, -0.15) is 0 Å². The minimum atomic E-state index is -0.500. The highest BCUT2D eigenvalue weighted by molar-refractivity contribution is 7.80. The average molecular weight is 445 g/mol. The molecule has 0 aliphatic carbocycles. The van der Waals surface area contributed by atoms with E-state index in [4.69, 9.17) is 12.2 Å². The Hall–Kier alpha value is -3.58. The number of benzene rings is 1. The van der Waals surface area contributed by atoms with Crippen molar-refractivity contribution in [2.24, 2.45) is 0 Å². The van der Waals surface area contributed by atoms with Crippen LogP contribution in [0.4, 0.5) is 5.69 Å². The van der Waals surface area contributed by atoms with Crippen LogP contribution >= 0.6 is 12.2 Å². The number of nitrogens with zero attached hydrogens (tertiary/aromatic N) is 3. The number of rotatable bonds is 3. The smallest absolute Gasteiger partial charge is 0.270 e. The van der Waals surface area contributed by atoms with Crippen LogP contribution in [0.2, 0.25) is 0 Å². The molecule has 2 amide bonds. The highest BCUT2D eigenvalue weighted by atomic mass is 32.1. The average Bonchev–Trinajstić information content (AvgIpc) is 2.99. The van der Waals surface area contributed by atoms with Gasteiger partial charge in [0.25, 0.3) is 11.8 Å². The van der Waals surface area contributed by atoms with Crippen molar-refractivity contribution in [3.8, 4) is 5.82 Å². The molecule has 0 atom stereocenters. The van der Waals surface area contributed by atoms with E-state index in [1.165, 1.54) is 4.90 Å². The van der Waals surface area contributed by atoms with Crippen LogP contribution in [-0.4, -0.2) is 26.5 Å². The quantitative estimate of drug-likeness (QED) is 0.373. The molecule has 162 valence electrons. The highest BCUT2D eigenvalue weighted by Crippen LogP contribution is 2.28. The summed E-state index contributed by atoms with van der Waals surface area (Å²) in [7, 11) is 0. The van der Waals surface area contributed by atoms with Crippen LogP contribution in [0.5, 0.6) is 0 Å². The van der Waals surface area contributed by atoms with Crippen LogP contribution in [0, 0.1) is 34.6 Å². The van der Waals surface area contributed by atoms with Gasteiger partial charge in [0.2, 0.25) is 0 Å². The molecule has 0 bridgehead atoms. The van der Waals surface area contributed by atoms with Crippen molar-refractivity contribution >= 4 is 40.9 Å². The highest BCUT2D eigenvalue weighted by Gasteiger charge is 2.35. The summed E-state index contributed by atoms with van der Waals surface area (Å²) in [5.74, 6) is -0.147. The first-order valence-corrected chi connectivity index (χ1v) is 10.7. The van der Waals surface area contributed by atoms with E-state index in [1.807, 2.05) is 75.6 Å². The number of nitrogens with one attached hydrogen (secondary N) is 1. The molecule has 0 unspecified atom stereocenters. The summed E-state index contributed by atoms with van der Waals surface area (Å²) < 4.78 is 2.01. The molecule has 3 heterocycles. The standard InChI is InChI=1S/C25H24N4O2S/c1-14-6-7-21(16(3)10-14)29-24(31)20(23(30)27-25(29)32)13-19-12-17(4)28(18(19)5)22-11-15(2)8-9-26-22/h6-13H,1-5H3,(H,27,30,32)/b20-13+. The topological polar surface area (TPSA) is 67.2 Å². The SMILES string of the molecule is Cc1ccnc(-n2c(C)cc(/C=C3\C(=O)NC(=S)N(c4ccc(C)cc4C)C3=O)c2C)c1. The fourth-order valence-corrected chi connectivity index (χ4v) is 4.29. The van der Waals surface area contributed by atoms with Crippen molar-refractivity contribution < 1.29 is 9.59 Å². The van der Waals surface area contributed by atoms with Crippen LogP contribution < -0.4 is 10.2 Å². The number of hydrogen-bond acceptors (Lipinski definition) is 4. The molecule has 0 saturated carbocycles. The first-order valence-electron chi connectivity index (χ1n) is 10.3. The number of aryl methyl sites for hydroxylation is 4. The second kappa shape index (κ2) is 8.16. The number of hydrogen-bond donors (Lipinski definition) is 1. The number of thiocarbonyl (C=S) groups is 1. The maximum atomic E-state index is 13.4. The van der Waals surface area contributed by atoms with E-state index in [0.717, 1.165) is 39.5 Å². The minimum absolute atomic E-state index is 0.0380. The molecule has 3 aromatic rings. The van der Waals surface area contributed by atoms with Crippen molar-refractivity contribution in [3.63, 3.8) is 0 Å². The van der Waals surface area contributed by atoms with Gasteiger partial charge in [-0.1, -0.05) is 17.7 Å². The molecule has 0 spiro atoms. The molecular weight excluding hydrogens is 420 g/mol. The van der Waals surface area contributed by atoms with Crippen molar-refractivity contribution in [1.29, 1.82) is 0 Å². The molecule has 1 aliphatic heterocycles. The third-order valence-electron chi connectivity index (χ3n) is 5.60. The maximum absolute atomic E-state index is 13.4. The van der Waals surface area contributed by atoms with Crippen molar-refractivity contribution in [2.75, 3.05) is 4.90 Å². The number of aromatic nitrogens is 2. The number of anilines is 1. The fourth-order valence-electron chi connectivity index (χ4n) is 4.02. The third-order valence-corrected chi connectivity index (χ3v) is 5.88. The van der Waals surface area contributed by atoms with Gasteiger partial charge in [-0.05, 0) is 93.9 Å². The molecule has 32 heavy (non-hydrogen) atoms. The monoisotopic (exact) mass is 444 g/mol. The van der Waals surface area contributed by atoms with E-state index >= 15 is 0 Å². The predicted molar refractivity (Wildman–Crippen MR) is 130 cm³/mol. The predicted octanol–water partition coefficient (Wildman–Crippen LogP) is 4.25. The van der Waals surface area contributed by atoms with Gasteiger partial charge in [-0.25, -0.2) is 4.98 Å². The van der Waals surface area contributed by atoms with E-state index in [0.29, 0.717) is 5.69 Å². The maximum Gasteiger partial charge on any atom is 0.270 e. The Morgan fingerprint density at radius 3 is 2.38 bits per heavy atom. The molecule has 7 heteroatoms. The Kier molecular flexibility index (Phi) is 5.52. The summed E-state index contributed by atoms with van der Waals surface area (Å²) in [6.45, 7) is 9.83. The molecule has 1 aromatic carbocycles. The normalized spacial score (nSPS) is 15.5. The fraction of sp³-hybridized carbons (Fsp3) is 0.200. The molecule has 1 saturated heterocycles. The molecular formula is C25H24N4O2S. The van der Waals surface area contributed by atoms with E-state index in [-0.39, 0.29) is 10.7 Å². The van der Waals surface area contributed by atoms with Gasteiger partial charge < -0.3 is 4.57 Å². The second-order valence-corrected chi connectivity index (χ2v) is 8.49. The first kappa shape index (κ1) is 21.6. The lowest BCUT2D eigenvalue weighted by molar-refractivity contribution is -0.122. The van der Waals surface area contributed by atoms with E-state index in [2.05, 4.69) is 10.3 Å². The molecule has 2 aromatic heterocycles. The summed E-state index contributed by atoms with van der Waals surface area (Å²) in [5.41, 5.74) is 6.40. The molecule has 4 rings (SSSR count). The summed E-state index contributed by atoms with van der Waals surface area (Å²) >= 11 is 5.33. The van der Waals surface area contributed by atoms with E-state index in [9.17, 15) is 9.59 Å². The number of carbonyl (C=O) groups excluding carboxylic acids is 2. The van der Waals surface area contributed by atoms with Crippen LogP contribution in [0.1, 0.15) is 33.6 Å². The van der Waals surface area contributed by atoms with Gasteiger partial charge in [0, 0.05) is 17.6 Å². The molecule has 1 aliphatic rings. The van der Waals surface area contributed by atoms with Crippen molar-refractivity contribution in [2.45, 2.75) is 34.6 Å². The first-order chi connectivity index (χ1) is 15.2. The summed E-state index contributed by atoms with van der Waals surface area (Å²) in [5, 5.41) is 2.74. The summed E-state index contributed by atoms with van der Waals surface area (Å²) in [6.07, 6.45) is 3.40. The summed E-state index contributed by atoms with van der Waals surface area (Å²) in [6, 6.07) is 11.6. The number of pyridine rings is 1. The van der Waals surface area contributed by atoms with Crippen LogP contribution in [0.15, 0.2) is 48.2 Å². The molecule has 1 fully saturated rings. The molecule has 6 nitrogen and oxygen atoms in total. The molecule has 0 radical (unpaired) electrons. The number of amides is 2. The minimum Gasteiger partial charge on any atom is -0.303 e. The van der Waals surface area contributed by atoms with Gasteiger partial charge in [0.15, 0.2) is 5.11 Å².